The van der Waals surface area contributed by atoms with E-state index in [1.54, 1.807) is 14.2 Å². The molecular weight excluding hydrogens is 584 g/mol. The van der Waals surface area contributed by atoms with Gasteiger partial charge in [-0.3, -0.25) is 9.48 Å². The van der Waals surface area contributed by atoms with Crippen LogP contribution in [-0.4, -0.2) is 61.0 Å². The predicted octanol–water partition coefficient (Wildman–Crippen LogP) is 4.68. The Kier molecular flexibility index (Phi) is 8.56. The number of benzene rings is 3. The first-order valence-corrected chi connectivity index (χ1v) is 18.7. The Balaban J connectivity index is 1.43. The maximum atomic E-state index is 14.9. The number of aryl methyl sites for hydroxylation is 1. The van der Waals surface area contributed by atoms with E-state index in [0.717, 1.165) is 28.3 Å². The van der Waals surface area contributed by atoms with Gasteiger partial charge in [-0.25, -0.2) is 0 Å². The number of aliphatic hydroxyl groups excluding tert-OH is 1. The smallest absolute Gasteiger partial charge is 0.264 e. The van der Waals surface area contributed by atoms with Gasteiger partial charge in [-0.2, -0.15) is 0 Å². The second-order valence-electron chi connectivity index (χ2n) is 12.7. The van der Waals surface area contributed by atoms with Crippen molar-refractivity contribution in [2.45, 2.75) is 63.2 Å². The minimum absolute atomic E-state index is 0.0264. The van der Waals surface area contributed by atoms with E-state index in [0.29, 0.717) is 31.7 Å². The molecule has 9 nitrogen and oxygen atoms in total. The topological polar surface area (TPSA) is 98.9 Å². The van der Waals surface area contributed by atoms with E-state index in [1.165, 1.54) is 5.19 Å². The Bertz CT molecular complexity index is 1640. The van der Waals surface area contributed by atoms with Crippen molar-refractivity contribution in [2.24, 2.45) is 5.92 Å². The number of hydrogen-bond donors (Lipinski definition) is 1. The summed E-state index contributed by atoms with van der Waals surface area (Å²) >= 11 is 0. The van der Waals surface area contributed by atoms with Crippen molar-refractivity contribution < 1.29 is 24.1 Å². The second-order valence-corrected chi connectivity index (χ2v) is 17.3. The van der Waals surface area contributed by atoms with Gasteiger partial charge >= 0.3 is 0 Å². The zero-order valence-corrected chi connectivity index (χ0v) is 27.6. The van der Waals surface area contributed by atoms with Crippen molar-refractivity contribution in [1.29, 1.82) is 0 Å². The monoisotopic (exact) mass is 626 g/mol. The summed E-state index contributed by atoms with van der Waals surface area (Å²) in [6.07, 6.45) is 2.79. The third-order valence-electron chi connectivity index (χ3n) is 9.82. The van der Waals surface area contributed by atoms with Gasteiger partial charge < -0.3 is 24.2 Å². The molecular formula is C35H42N4O5Si. The molecule has 0 aliphatic carbocycles. The quantitative estimate of drug-likeness (QED) is 0.242. The van der Waals surface area contributed by atoms with Crippen LogP contribution in [0.3, 0.4) is 0 Å². The molecule has 4 atom stereocenters. The maximum absolute atomic E-state index is 14.9. The molecule has 2 aliphatic heterocycles. The lowest BCUT2D eigenvalue weighted by molar-refractivity contribution is -0.146. The molecule has 1 fully saturated rings. The van der Waals surface area contributed by atoms with Gasteiger partial charge in [0.05, 0.1) is 46.3 Å². The minimum atomic E-state index is -2.28. The van der Waals surface area contributed by atoms with Gasteiger partial charge in [-0.05, 0) is 47.9 Å². The third-order valence-corrected chi connectivity index (χ3v) is 14.2. The summed E-state index contributed by atoms with van der Waals surface area (Å²) in [5.74, 6) is 1.37. The summed E-state index contributed by atoms with van der Waals surface area (Å²) in [5.41, 5.74) is 2.49. The molecule has 0 saturated carbocycles. The lowest BCUT2D eigenvalue weighted by atomic mass is 9.82. The van der Waals surface area contributed by atoms with Gasteiger partial charge in [0.25, 0.3) is 5.91 Å². The number of amides is 1. The molecule has 1 amide bonds. The summed E-state index contributed by atoms with van der Waals surface area (Å²) in [6, 6.07) is 24.4. The fourth-order valence-corrected chi connectivity index (χ4v) is 11.6. The Labute approximate surface area is 265 Å². The number of methoxy groups -OCH3 is 2. The fourth-order valence-electron chi connectivity index (χ4n) is 7.55. The highest BCUT2D eigenvalue weighted by atomic mass is 28.3. The van der Waals surface area contributed by atoms with Crippen molar-refractivity contribution in [2.75, 3.05) is 25.7 Å². The summed E-state index contributed by atoms with van der Waals surface area (Å²) in [6.45, 7) is 8.03. The third kappa shape index (κ3) is 5.45. The molecule has 4 aromatic rings. The van der Waals surface area contributed by atoms with Crippen LogP contribution in [0.1, 0.15) is 30.2 Å². The van der Waals surface area contributed by atoms with Gasteiger partial charge in [-0.1, -0.05) is 72.9 Å². The number of aliphatic hydroxyl groups is 1. The number of rotatable bonds is 11. The number of ether oxygens (including phenoxy) is 3. The van der Waals surface area contributed by atoms with E-state index in [9.17, 15) is 9.90 Å². The second kappa shape index (κ2) is 12.4. The number of aromatic nitrogens is 3. The molecule has 0 bridgehead atoms. The molecule has 3 heterocycles. The Hall–Kier alpha value is -3.99. The number of hydrogen-bond acceptors (Lipinski definition) is 7. The highest BCUT2D eigenvalue weighted by molar-refractivity contribution is 6.91. The largest absolute Gasteiger partial charge is 0.497 e. The first kappa shape index (κ1) is 31.0. The molecule has 236 valence electrons. The number of nitrogens with zero attached hydrogens (tertiary/aromatic N) is 4. The van der Waals surface area contributed by atoms with Gasteiger partial charge in [0.1, 0.15) is 11.5 Å². The van der Waals surface area contributed by atoms with Crippen LogP contribution in [-0.2, 0) is 34.6 Å². The molecule has 0 unspecified atom stereocenters. The zero-order chi connectivity index (χ0) is 31.8. The molecule has 1 spiro atoms. The van der Waals surface area contributed by atoms with Crippen LogP contribution in [0.15, 0.2) is 79.0 Å². The van der Waals surface area contributed by atoms with Gasteiger partial charge in [0, 0.05) is 37.3 Å². The Morgan fingerprint density at radius 2 is 1.71 bits per heavy atom. The van der Waals surface area contributed by atoms with Crippen molar-refractivity contribution in [3.05, 3.63) is 95.8 Å². The summed E-state index contributed by atoms with van der Waals surface area (Å²) in [5, 5.41) is 19.2. The molecule has 45 heavy (non-hydrogen) atoms. The van der Waals surface area contributed by atoms with Crippen molar-refractivity contribution in [1.82, 2.24) is 15.0 Å². The van der Waals surface area contributed by atoms with E-state index in [2.05, 4.69) is 54.6 Å². The predicted molar refractivity (Wildman–Crippen MR) is 176 cm³/mol. The molecule has 3 aromatic carbocycles. The Morgan fingerprint density at radius 1 is 1.00 bits per heavy atom. The highest BCUT2D eigenvalue weighted by Crippen LogP contribution is 2.60. The van der Waals surface area contributed by atoms with Crippen LogP contribution in [0, 0.1) is 5.92 Å². The van der Waals surface area contributed by atoms with Crippen LogP contribution >= 0.6 is 0 Å². The van der Waals surface area contributed by atoms with Crippen molar-refractivity contribution in [3.8, 4) is 11.5 Å². The SMILES string of the molecule is COc1ccc([Si](C)(C)[C@@H]2[C@@H](CCn3cc(CCO)nn3)O[C@]3(C(=O)N(Cc4ccccc4)c4ccc(OC)cc43)[C@H]2C)cc1. The van der Waals surface area contributed by atoms with Gasteiger partial charge in [0.15, 0.2) is 5.60 Å². The molecule has 1 N–H and O–H groups in total. The molecule has 1 saturated heterocycles. The average molecular weight is 627 g/mol. The number of anilines is 1. The fraction of sp³-hybridized carbons (Fsp3) is 0.400. The summed E-state index contributed by atoms with van der Waals surface area (Å²) < 4.78 is 20.2. The van der Waals surface area contributed by atoms with Crippen LogP contribution in [0.4, 0.5) is 5.69 Å². The minimum Gasteiger partial charge on any atom is -0.497 e. The van der Waals surface area contributed by atoms with Crippen LogP contribution in [0.25, 0.3) is 0 Å². The molecule has 10 heteroatoms. The van der Waals surface area contributed by atoms with Crippen molar-refractivity contribution in [3.63, 3.8) is 0 Å². The molecule has 0 radical (unpaired) electrons. The average Bonchev–Trinajstić information content (AvgIpc) is 3.70. The van der Waals surface area contributed by atoms with Crippen LogP contribution in [0.2, 0.25) is 18.6 Å². The lowest BCUT2D eigenvalue weighted by Crippen LogP contribution is -2.51. The number of carbonyl (C=O) groups excluding carboxylic acids is 1. The van der Waals surface area contributed by atoms with Crippen molar-refractivity contribution >= 4 is 24.9 Å². The number of carbonyl (C=O) groups is 1. The van der Waals surface area contributed by atoms with Crippen LogP contribution in [0.5, 0.6) is 11.5 Å². The van der Waals surface area contributed by atoms with E-state index < -0.39 is 13.7 Å². The van der Waals surface area contributed by atoms with E-state index in [1.807, 2.05) is 64.3 Å². The summed E-state index contributed by atoms with van der Waals surface area (Å²) in [7, 11) is 1.06. The maximum Gasteiger partial charge on any atom is 0.264 e. The first-order chi connectivity index (χ1) is 21.7. The highest BCUT2D eigenvalue weighted by Gasteiger charge is 2.66. The molecule has 2 aliphatic rings. The normalized spacial score (nSPS) is 22.7. The van der Waals surface area contributed by atoms with Gasteiger partial charge in [-0.15, -0.1) is 5.10 Å². The first-order valence-electron chi connectivity index (χ1n) is 15.6. The van der Waals surface area contributed by atoms with E-state index in [4.69, 9.17) is 14.2 Å². The van der Waals surface area contributed by atoms with Crippen LogP contribution < -0.4 is 19.6 Å². The molecule has 6 rings (SSSR count). The summed E-state index contributed by atoms with van der Waals surface area (Å²) in [4.78, 5) is 16.8. The standard InChI is InChI=1S/C35H42N4O5Si/c1-24-33(45(4,5)29-14-11-27(42-2)12-15-29)32(17-19-38-23-26(18-20-40)36-37-38)44-35(24)30-21-28(43-3)13-16-31(30)39(34(35)41)22-25-9-7-6-8-10-25/h6-16,21,23-24,32-33,40H,17-20,22H2,1-5H3/t24-,32+,33-,35+/m0/s1. The van der Waals surface area contributed by atoms with E-state index in [-0.39, 0.29) is 30.1 Å². The van der Waals surface area contributed by atoms with E-state index >= 15 is 0 Å². The van der Waals surface area contributed by atoms with Gasteiger partial charge in [0.2, 0.25) is 0 Å². The Morgan fingerprint density at radius 3 is 2.40 bits per heavy atom. The molecule has 1 aromatic heterocycles. The zero-order valence-electron chi connectivity index (χ0n) is 26.6. The number of fused-ring (bicyclic) bond motifs is 2. The lowest BCUT2D eigenvalue weighted by Gasteiger charge is -2.37.